The number of nitrogens with one attached hydrogen (secondary N) is 1. The number of aromatic nitrogens is 2. The van der Waals surface area contributed by atoms with Crippen LogP contribution in [0, 0.1) is 4.77 Å². The number of hydrogen-bond acceptors (Lipinski definition) is 6. The van der Waals surface area contributed by atoms with Gasteiger partial charge in [0.1, 0.15) is 11.6 Å². The van der Waals surface area contributed by atoms with E-state index >= 15 is 0 Å². The smallest absolute Gasteiger partial charge is 0.328 e. The molecule has 1 atom stereocenters. The zero-order valence-electron chi connectivity index (χ0n) is 13.3. The van der Waals surface area contributed by atoms with Gasteiger partial charge in [-0.2, -0.15) is 0 Å². The van der Waals surface area contributed by atoms with Crippen LogP contribution in [0.3, 0.4) is 0 Å². The maximum absolute atomic E-state index is 12.1. The number of H-pyrrole nitrogens is 1. The summed E-state index contributed by atoms with van der Waals surface area (Å²) in [6, 6.07) is 7.13. The molecule has 0 fully saturated rings. The van der Waals surface area contributed by atoms with Gasteiger partial charge in [-0.25, -0.2) is 4.79 Å². The minimum absolute atomic E-state index is 0.0449. The van der Waals surface area contributed by atoms with E-state index in [1.54, 1.807) is 30.3 Å². The van der Waals surface area contributed by atoms with Gasteiger partial charge >= 0.3 is 11.9 Å². The first-order chi connectivity index (χ1) is 12.3. The van der Waals surface area contributed by atoms with E-state index in [-0.39, 0.29) is 16.8 Å². The van der Waals surface area contributed by atoms with Crippen molar-refractivity contribution in [2.24, 2.45) is 4.99 Å². The normalized spacial score (nSPS) is 12.2. The minimum Gasteiger partial charge on any atom is -0.494 e. The molecule has 0 saturated heterocycles. The molecule has 0 radical (unpaired) electrons. The molecule has 0 aliphatic heterocycles. The number of aromatic amines is 1. The first-order valence-corrected chi connectivity index (χ1v) is 7.83. The van der Waals surface area contributed by atoms with E-state index in [2.05, 4.69) is 9.98 Å². The number of nitrogens with zero attached hydrogens (tertiary/aromatic N) is 2. The van der Waals surface area contributed by atoms with Crippen molar-refractivity contribution in [1.29, 1.82) is 0 Å². The molecule has 10 heteroatoms. The Morgan fingerprint density at radius 2 is 1.92 bits per heavy atom. The van der Waals surface area contributed by atoms with Crippen molar-refractivity contribution >= 4 is 30.4 Å². The molecule has 1 aromatic carbocycles. The molecule has 4 N–H and O–H groups in total. The van der Waals surface area contributed by atoms with Crippen molar-refractivity contribution in [3.8, 4) is 11.6 Å². The van der Waals surface area contributed by atoms with Gasteiger partial charge in [-0.15, -0.1) is 0 Å². The molecule has 9 nitrogen and oxygen atoms in total. The molecule has 0 saturated carbocycles. The SMILES string of the molecule is O=C(O)CC[C@H](N=Cc1c(O)n(-c2ccccc2)c(=S)[nH]c1=O)C(=O)O. The molecular formula is C16H15N3O6S. The number of para-hydroxylation sites is 1. The molecule has 1 aromatic heterocycles. The molecule has 0 bridgehead atoms. The second-order valence-corrected chi connectivity index (χ2v) is 5.62. The number of aromatic hydroxyl groups is 1. The van der Waals surface area contributed by atoms with Crippen LogP contribution < -0.4 is 5.56 Å². The van der Waals surface area contributed by atoms with Crippen molar-refractivity contribution < 1.29 is 24.9 Å². The molecule has 0 aliphatic rings. The fraction of sp³-hybridized carbons (Fsp3) is 0.188. The van der Waals surface area contributed by atoms with E-state index in [1.807, 2.05) is 0 Å². The van der Waals surface area contributed by atoms with E-state index in [1.165, 1.54) is 4.57 Å². The lowest BCUT2D eigenvalue weighted by molar-refractivity contribution is -0.139. The van der Waals surface area contributed by atoms with Crippen molar-refractivity contribution in [3.05, 3.63) is 51.0 Å². The number of benzene rings is 1. The lowest BCUT2D eigenvalue weighted by Gasteiger charge is -2.11. The summed E-state index contributed by atoms with van der Waals surface area (Å²) in [5, 5.41) is 28.2. The number of aliphatic imine (C=N–C) groups is 1. The van der Waals surface area contributed by atoms with Gasteiger partial charge in [0.15, 0.2) is 4.77 Å². The number of carboxylic acids is 2. The molecule has 2 aromatic rings. The van der Waals surface area contributed by atoms with Gasteiger partial charge in [0, 0.05) is 12.6 Å². The van der Waals surface area contributed by atoms with E-state index in [9.17, 15) is 19.5 Å². The maximum Gasteiger partial charge on any atom is 0.328 e. The summed E-state index contributed by atoms with van der Waals surface area (Å²) in [6.07, 6.45) is 0.256. The molecular weight excluding hydrogens is 362 g/mol. The number of aliphatic carboxylic acids is 2. The van der Waals surface area contributed by atoms with E-state index < -0.39 is 35.8 Å². The lowest BCUT2D eigenvalue weighted by atomic mass is 10.1. The average Bonchev–Trinajstić information content (AvgIpc) is 2.57. The van der Waals surface area contributed by atoms with Crippen molar-refractivity contribution in [3.63, 3.8) is 0 Å². The fourth-order valence-electron chi connectivity index (χ4n) is 2.16. The molecule has 0 unspecified atom stereocenters. The monoisotopic (exact) mass is 377 g/mol. The Bertz CT molecular complexity index is 964. The summed E-state index contributed by atoms with van der Waals surface area (Å²) in [6.45, 7) is 0. The van der Waals surface area contributed by atoms with Gasteiger partial charge in [-0.05, 0) is 30.8 Å². The zero-order chi connectivity index (χ0) is 19.3. The van der Waals surface area contributed by atoms with E-state index in [0.29, 0.717) is 5.69 Å². The first-order valence-electron chi connectivity index (χ1n) is 7.42. The predicted octanol–water partition coefficient (Wildman–Crippen LogP) is 1.34. The molecule has 2 rings (SSSR count). The molecule has 136 valence electrons. The van der Waals surface area contributed by atoms with Gasteiger partial charge in [0.25, 0.3) is 5.56 Å². The van der Waals surface area contributed by atoms with Crippen LogP contribution in [0.5, 0.6) is 5.88 Å². The van der Waals surface area contributed by atoms with Crippen LogP contribution in [0.15, 0.2) is 40.1 Å². The molecule has 0 aliphatic carbocycles. The maximum atomic E-state index is 12.1. The third-order valence-electron chi connectivity index (χ3n) is 3.44. The third kappa shape index (κ3) is 4.42. The first kappa shape index (κ1) is 19.1. The summed E-state index contributed by atoms with van der Waals surface area (Å²) in [5.74, 6) is -3.00. The molecule has 26 heavy (non-hydrogen) atoms. The highest BCUT2D eigenvalue weighted by Gasteiger charge is 2.18. The minimum atomic E-state index is -1.36. The van der Waals surface area contributed by atoms with Crippen LogP contribution >= 0.6 is 12.2 Å². The largest absolute Gasteiger partial charge is 0.494 e. The Balaban J connectivity index is 2.46. The Morgan fingerprint density at radius 3 is 2.50 bits per heavy atom. The number of carbonyl (C=O) groups is 2. The summed E-state index contributed by atoms with van der Waals surface area (Å²) < 4.78 is 1.15. The van der Waals surface area contributed by atoms with Crippen LogP contribution in [0.25, 0.3) is 5.69 Å². The van der Waals surface area contributed by atoms with Gasteiger partial charge in [0.05, 0.1) is 5.69 Å². The summed E-state index contributed by atoms with van der Waals surface area (Å²) in [4.78, 5) is 39.9. The highest BCUT2D eigenvalue weighted by Crippen LogP contribution is 2.18. The second-order valence-electron chi connectivity index (χ2n) is 5.23. The van der Waals surface area contributed by atoms with Gasteiger partial charge < -0.3 is 15.3 Å². The summed E-state index contributed by atoms with van der Waals surface area (Å²) in [5.41, 5.74) is -0.545. The second kappa shape index (κ2) is 8.21. The van der Waals surface area contributed by atoms with Crippen LogP contribution in [-0.4, -0.2) is 49.1 Å². The molecule has 0 spiro atoms. The van der Waals surface area contributed by atoms with Gasteiger partial charge in [-0.1, -0.05) is 18.2 Å². The summed E-state index contributed by atoms with van der Waals surface area (Å²) in [7, 11) is 0. The number of rotatable bonds is 7. The van der Waals surface area contributed by atoms with Crippen LogP contribution in [0.1, 0.15) is 18.4 Å². The highest BCUT2D eigenvalue weighted by atomic mass is 32.1. The Morgan fingerprint density at radius 1 is 1.27 bits per heavy atom. The molecule has 0 amide bonds. The summed E-state index contributed by atoms with van der Waals surface area (Å²) >= 11 is 5.06. The molecule has 1 heterocycles. The van der Waals surface area contributed by atoms with Crippen LogP contribution in [0.4, 0.5) is 0 Å². The van der Waals surface area contributed by atoms with Gasteiger partial charge in [0.2, 0.25) is 5.88 Å². The van der Waals surface area contributed by atoms with Crippen LogP contribution in [0.2, 0.25) is 0 Å². The lowest BCUT2D eigenvalue weighted by Crippen LogP contribution is -2.22. The Labute approximate surface area is 151 Å². The van der Waals surface area contributed by atoms with E-state index in [0.717, 1.165) is 6.21 Å². The standard InChI is InChI=1S/C16H15N3O6S/c20-12(21)7-6-11(15(24)25)17-8-10-13(22)18-16(26)19(14(10)23)9-4-2-1-3-5-9/h1-5,8,11,23H,6-7H2,(H,20,21)(H,24,25)(H,18,22,26)/t11-/m0/s1. The fourth-order valence-corrected chi connectivity index (χ4v) is 2.44. The average molecular weight is 377 g/mol. The Hall–Kier alpha value is -3.27. The van der Waals surface area contributed by atoms with Crippen molar-refractivity contribution in [2.75, 3.05) is 0 Å². The topological polar surface area (TPSA) is 145 Å². The zero-order valence-corrected chi connectivity index (χ0v) is 14.1. The third-order valence-corrected chi connectivity index (χ3v) is 3.72. The highest BCUT2D eigenvalue weighted by molar-refractivity contribution is 7.71. The van der Waals surface area contributed by atoms with Crippen molar-refractivity contribution in [2.45, 2.75) is 18.9 Å². The van der Waals surface area contributed by atoms with E-state index in [4.69, 9.17) is 22.4 Å². The van der Waals surface area contributed by atoms with Crippen molar-refractivity contribution in [1.82, 2.24) is 9.55 Å². The number of hydrogen-bond donors (Lipinski definition) is 4. The number of carboxylic acid groups (broad SMARTS) is 2. The predicted molar refractivity (Wildman–Crippen MR) is 94.8 cm³/mol. The van der Waals surface area contributed by atoms with Gasteiger partial charge in [-0.3, -0.25) is 24.1 Å². The quantitative estimate of drug-likeness (QED) is 0.421. The Kier molecular flexibility index (Phi) is 6.02. The van der Waals surface area contributed by atoms with Crippen LogP contribution in [-0.2, 0) is 9.59 Å².